The minimum absolute atomic E-state index is 0.431. The number of hydrogen-bond acceptors (Lipinski definition) is 1. The Kier molecular flexibility index (Phi) is 3.45. The summed E-state index contributed by atoms with van der Waals surface area (Å²) in [6, 6.07) is 0.431. The van der Waals surface area contributed by atoms with E-state index >= 15 is 0 Å². The Morgan fingerprint density at radius 2 is 2.25 bits per heavy atom. The second kappa shape index (κ2) is 3.25. The Morgan fingerprint density at radius 1 is 2.00 bits per heavy atom. The minimum Gasteiger partial charge on any atom is -0.303 e. The first-order valence-corrected chi connectivity index (χ1v) is 1.51. The number of hydrogen-bond donors (Lipinski definition) is 1. The normalized spacial score (nSPS) is 7.50. The van der Waals surface area contributed by atoms with Crippen molar-refractivity contribution < 1.29 is 0 Å². The van der Waals surface area contributed by atoms with E-state index in [1.54, 1.807) is 0 Å². The number of alkyl halides is 1. The quantitative estimate of drug-likeness (QED) is 0.357. The van der Waals surface area contributed by atoms with Crippen molar-refractivity contribution in [3.63, 3.8) is 0 Å². The molecule has 0 atom stereocenters. The Morgan fingerprint density at radius 3 is 2.25 bits per heavy atom. The van der Waals surface area contributed by atoms with Crippen LogP contribution < -0.4 is 5.32 Å². The van der Waals surface area contributed by atoms with Crippen molar-refractivity contribution in [1.82, 2.24) is 5.32 Å². The standard InChI is InChI=1S/C2H5ClN/c1-4-2-3/h4H,1-2H2. The highest BCUT2D eigenvalue weighted by Crippen LogP contribution is 1.57. The van der Waals surface area contributed by atoms with Crippen LogP contribution in [0.3, 0.4) is 0 Å². The summed E-state index contributed by atoms with van der Waals surface area (Å²) < 4.78 is 0. The Labute approximate surface area is 31.0 Å². The van der Waals surface area contributed by atoms with E-state index in [1.165, 1.54) is 0 Å². The van der Waals surface area contributed by atoms with E-state index in [9.17, 15) is 0 Å². The lowest BCUT2D eigenvalue weighted by Crippen LogP contribution is -1.94. The maximum Gasteiger partial charge on any atom is 0.0713 e. The van der Waals surface area contributed by atoms with Crippen molar-refractivity contribution in [1.29, 1.82) is 0 Å². The molecule has 0 heterocycles. The minimum atomic E-state index is 0.431. The highest BCUT2D eigenvalue weighted by atomic mass is 35.5. The molecule has 0 spiro atoms. The van der Waals surface area contributed by atoms with Crippen molar-refractivity contribution >= 4 is 11.6 Å². The van der Waals surface area contributed by atoms with E-state index in [4.69, 9.17) is 11.6 Å². The van der Waals surface area contributed by atoms with Crippen molar-refractivity contribution in [3.8, 4) is 0 Å². The van der Waals surface area contributed by atoms with E-state index in [0.29, 0.717) is 6.00 Å². The summed E-state index contributed by atoms with van der Waals surface area (Å²) >= 11 is 5.01. The second-order valence-electron chi connectivity index (χ2n) is 0.384. The first-order valence-electron chi connectivity index (χ1n) is 0.974. The highest BCUT2D eigenvalue weighted by Gasteiger charge is 1.53. The summed E-state index contributed by atoms with van der Waals surface area (Å²) in [6.45, 7) is 0. The average molecular weight is 78.5 g/mol. The number of rotatable bonds is 1. The molecular weight excluding hydrogens is 73.5 g/mol. The maximum atomic E-state index is 5.01. The van der Waals surface area contributed by atoms with Gasteiger partial charge in [-0.1, -0.05) is 0 Å². The van der Waals surface area contributed by atoms with E-state index in [2.05, 4.69) is 12.4 Å². The molecule has 0 saturated carbocycles. The fraction of sp³-hybridized carbons (Fsp3) is 0.500. The molecule has 4 heavy (non-hydrogen) atoms. The molecule has 0 fully saturated rings. The predicted octanol–water partition coefficient (Wildman–Crippen LogP) is 0.564. The number of nitrogens with one attached hydrogen (secondary N) is 1. The van der Waals surface area contributed by atoms with Crippen LogP contribution in [0.2, 0.25) is 0 Å². The second-order valence-corrected chi connectivity index (χ2v) is 0.651. The topological polar surface area (TPSA) is 12.0 Å². The van der Waals surface area contributed by atoms with Gasteiger partial charge < -0.3 is 5.32 Å². The molecule has 0 rings (SSSR count). The third-order valence-electron chi connectivity index (χ3n) is 0.0945. The first kappa shape index (κ1) is 4.25. The summed E-state index contributed by atoms with van der Waals surface area (Å²) in [5.41, 5.74) is 0. The molecule has 0 aliphatic carbocycles. The van der Waals surface area contributed by atoms with Gasteiger partial charge in [0.25, 0.3) is 0 Å². The summed E-state index contributed by atoms with van der Waals surface area (Å²) in [4.78, 5) is 0. The van der Waals surface area contributed by atoms with Crippen LogP contribution >= 0.6 is 11.6 Å². The monoisotopic (exact) mass is 78.0 g/mol. The molecule has 0 aromatic rings. The van der Waals surface area contributed by atoms with Crippen molar-refractivity contribution in [2.24, 2.45) is 0 Å². The fourth-order valence-corrected chi connectivity index (χ4v) is 0. The smallest absolute Gasteiger partial charge is 0.0713 e. The van der Waals surface area contributed by atoms with Gasteiger partial charge in [0.1, 0.15) is 0 Å². The van der Waals surface area contributed by atoms with Crippen LogP contribution in [0.4, 0.5) is 0 Å². The van der Waals surface area contributed by atoms with Crippen LogP contribution in [-0.4, -0.2) is 6.00 Å². The molecule has 1 radical (unpaired) electrons. The Bertz CT molecular complexity index is 8.00. The van der Waals surface area contributed by atoms with Crippen LogP contribution in [0.5, 0.6) is 0 Å². The third-order valence-corrected chi connectivity index (χ3v) is 0.283. The van der Waals surface area contributed by atoms with Gasteiger partial charge in [-0.15, -0.1) is 11.6 Å². The summed E-state index contributed by atoms with van der Waals surface area (Å²) in [5.74, 6) is 0. The molecule has 25 valence electrons. The molecule has 0 saturated heterocycles. The van der Waals surface area contributed by atoms with Crippen molar-refractivity contribution in [2.75, 3.05) is 6.00 Å². The SMILES string of the molecule is [CH2]NCCl. The lowest BCUT2D eigenvalue weighted by atomic mass is 11.3. The zero-order valence-corrected chi connectivity index (χ0v) is 3.05. The first-order chi connectivity index (χ1) is 1.91. The zero-order valence-electron chi connectivity index (χ0n) is 2.29. The molecule has 0 aromatic heterocycles. The Hall–Kier alpha value is 0.250. The molecule has 2 heteroatoms. The molecule has 0 amide bonds. The summed E-state index contributed by atoms with van der Waals surface area (Å²) in [6.07, 6.45) is 0. The zero-order chi connectivity index (χ0) is 3.41. The van der Waals surface area contributed by atoms with Crippen LogP contribution in [-0.2, 0) is 0 Å². The van der Waals surface area contributed by atoms with Crippen LogP contribution in [0, 0.1) is 7.05 Å². The Balaban J connectivity index is 1.97. The van der Waals surface area contributed by atoms with Crippen molar-refractivity contribution in [2.45, 2.75) is 0 Å². The fourth-order valence-electron chi connectivity index (χ4n) is 0. The van der Waals surface area contributed by atoms with Crippen LogP contribution in [0.15, 0.2) is 0 Å². The van der Waals surface area contributed by atoms with E-state index < -0.39 is 0 Å². The molecule has 0 bridgehead atoms. The highest BCUT2D eigenvalue weighted by molar-refractivity contribution is 6.17. The maximum absolute atomic E-state index is 5.01. The van der Waals surface area contributed by atoms with Gasteiger partial charge in [-0.25, -0.2) is 0 Å². The van der Waals surface area contributed by atoms with Gasteiger partial charge in [0.05, 0.1) is 6.00 Å². The molecule has 0 unspecified atom stereocenters. The predicted molar refractivity (Wildman–Crippen MR) is 19.2 cm³/mol. The van der Waals surface area contributed by atoms with Gasteiger partial charge in [-0.2, -0.15) is 0 Å². The third kappa shape index (κ3) is 2.25. The molecule has 1 N–H and O–H groups in total. The lowest BCUT2D eigenvalue weighted by Gasteiger charge is -1.73. The van der Waals surface area contributed by atoms with Gasteiger partial charge in [0.15, 0.2) is 0 Å². The molecular formula is C2H5ClN. The molecule has 0 aromatic carbocycles. The largest absolute Gasteiger partial charge is 0.303 e. The van der Waals surface area contributed by atoms with Crippen LogP contribution in [0.1, 0.15) is 0 Å². The molecule has 1 nitrogen and oxygen atoms in total. The molecule has 0 aliphatic rings. The summed E-state index contributed by atoms with van der Waals surface area (Å²) in [5, 5.41) is 2.45. The number of halogens is 1. The van der Waals surface area contributed by atoms with Crippen LogP contribution in [0.25, 0.3) is 0 Å². The molecule has 0 aliphatic heterocycles. The summed E-state index contributed by atoms with van der Waals surface area (Å²) in [7, 11) is 3.22. The van der Waals surface area contributed by atoms with Gasteiger partial charge in [-0.3, -0.25) is 0 Å². The van der Waals surface area contributed by atoms with Crippen molar-refractivity contribution in [3.05, 3.63) is 7.05 Å². The van der Waals surface area contributed by atoms with Gasteiger partial charge in [0.2, 0.25) is 0 Å². The van der Waals surface area contributed by atoms with E-state index in [-0.39, 0.29) is 0 Å². The van der Waals surface area contributed by atoms with E-state index in [0.717, 1.165) is 0 Å². The lowest BCUT2D eigenvalue weighted by molar-refractivity contribution is 1.05. The average Bonchev–Trinajstić information content (AvgIpc) is 1.37. The van der Waals surface area contributed by atoms with Gasteiger partial charge in [0, 0.05) is 7.05 Å². The van der Waals surface area contributed by atoms with Gasteiger partial charge >= 0.3 is 0 Å². The van der Waals surface area contributed by atoms with Gasteiger partial charge in [-0.05, 0) is 0 Å². The van der Waals surface area contributed by atoms with E-state index in [1.807, 2.05) is 0 Å².